The molecule has 4 rings (SSSR count). The van der Waals surface area contributed by atoms with Crippen LogP contribution in [0.1, 0.15) is 16.1 Å². The largest absolute Gasteiger partial charge is 0.506 e. The third kappa shape index (κ3) is 3.36. The lowest BCUT2D eigenvalue weighted by molar-refractivity contribution is 0.102. The predicted molar refractivity (Wildman–Crippen MR) is 111 cm³/mol. The number of ether oxygens (including phenoxy) is 1. The maximum absolute atomic E-state index is 12.7. The highest BCUT2D eigenvalue weighted by Gasteiger charge is 2.20. The van der Waals surface area contributed by atoms with Gasteiger partial charge in [0, 0.05) is 6.20 Å². The monoisotopic (exact) mass is 408 g/mol. The van der Waals surface area contributed by atoms with Gasteiger partial charge in [0.2, 0.25) is 0 Å². The second kappa shape index (κ2) is 7.44. The van der Waals surface area contributed by atoms with Crippen molar-refractivity contribution in [2.45, 2.75) is 6.92 Å². The van der Waals surface area contributed by atoms with Gasteiger partial charge < -0.3 is 15.2 Å². The number of carbonyl (C=O) groups excluding carboxylic acids is 1. The summed E-state index contributed by atoms with van der Waals surface area (Å²) >= 11 is 6.56. The van der Waals surface area contributed by atoms with Crippen molar-refractivity contribution in [3.8, 4) is 17.2 Å². The number of phenolic OH excluding ortho intramolecular Hbond substituents is 1. The van der Waals surface area contributed by atoms with Crippen molar-refractivity contribution >= 4 is 34.2 Å². The van der Waals surface area contributed by atoms with Crippen LogP contribution in [0.4, 0.5) is 5.69 Å². The summed E-state index contributed by atoms with van der Waals surface area (Å²) in [5, 5.41) is 17.9. The zero-order chi connectivity index (χ0) is 20.5. The van der Waals surface area contributed by atoms with Crippen LogP contribution in [0.3, 0.4) is 0 Å². The summed E-state index contributed by atoms with van der Waals surface area (Å²) in [6.45, 7) is 1.81. The number of benzene rings is 2. The molecule has 0 unspecified atom stereocenters. The number of aromatic hydroxyl groups is 1. The highest BCUT2D eigenvalue weighted by Crippen LogP contribution is 2.31. The van der Waals surface area contributed by atoms with E-state index in [4.69, 9.17) is 16.3 Å². The van der Waals surface area contributed by atoms with Crippen molar-refractivity contribution in [3.05, 3.63) is 71.0 Å². The van der Waals surface area contributed by atoms with E-state index in [0.717, 1.165) is 11.4 Å². The minimum Gasteiger partial charge on any atom is -0.506 e. The molecule has 1 amide bonds. The van der Waals surface area contributed by atoms with Gasteiger partial charge in [-0.2, -0.15) is 5.10 Å². The molecule has 2 aromatic carbocycles. The van der Waals surface area contributed by atoms with Crippen LogP contribution in [0.15, 0.2) is 54.7 Å². The number of pyridine rings is 1. The van der Waals surface area contributed by atoms with Crippen LogP contribution in [-0.2, 0) is 0 Å². The maximum Gasteiger partial charge on any atom is 0.258 e. The minimum absolute atomic E-state index is 0.0329. The Morgan fingerprint density at radius 2 is 1.90 bits per heavy atom. The van der Waals surface area contributed by atoms with E-state index in [1.165, 1.54) is 12.3 Å². The molecule has 0 fully saturated rings. The number of carbonyl (C=O) groups is 1. The smallest absolute Gasteiger partial charge is 0.258 e. The summed E-state index contributed by atoms with van der Waals surface area (Å²) in [6, 6.07) is 13.8. The van der Waals surface area contributed by atoms with Crippen LogP contribution in [0, 0.1) is 6.92 Å². The average molecular weight is 409 g/mol. The van der Waals surface area contributed by atoms with Gasteiger partial charge in [0.05, 0.1) is 40.2 Å². The Hall–Kier alpha value is -3.58. The number of hydrogen-bond donors (Lipinski definition) is 2. The Kier molecular flexibility index (Phi) is 4.82. The van der Waals surface area contributed by atoms with Gasteiger partial charge in [0.15, 0.2) is 5.65 Å². The molecule has 0 spiro atoms. The number of aromatic nitrogens is 3. The number of anilines is 1. The number of fused-ring (bicyclic) bond motifs is 1. The zero-order valence-corrected chi connectivity index (χ0v) is 16.4. The van der Waals surface area contributed by atoms with E-state index in [-0.39, 0.29) is 16.3 Å². The number of hydrogen-bond acceptors (Lipinski definition) is 5. The fraction of sp³-hybridized carbons (Fsp3) is 0.0952. The zero-order valence-electron chi connectivity index (χ0n) is 15.7. The minimum atomic E-state index is -0.470. The number of phenols is 1. The van der Waals surface area contributed by atoms with Crippen molar-refractivity contribution < 1.29 is 14.6 Å². The second-order valence-electron chi connectivity index (χ2n) is 6.35. The summed E-state index contributed by atoms with van der Waals surface area (Å²) < 4.78 is 6.85. The van der Waals surface area contributed by atoms with Crippen molar-refractivity contribution in [3.63, 3.8) is 0 Å². The standard InChI is InChI=1S/C21H17ClN4O3/c1-12-18-19(22)15(21(28)24-16-5-3-4-6-17(16)27)11-23-20(18)26(25-12)13-7-9-14(29-2)10-8-13/h3-11,27H,1-2H3,(H,24,28). The molecule has 2 aromatic heterocycles. The lowest BCUT2D eigenvalue weighted by Crippen LogP contribution is -2.13. The molecule has 0 radical (unpaired) electrons. The van der Waals surface area contributed by atoms with Crippen molar-refractivity contribution in [1.82, 2.24) is 14.8 Å². The first-order valence-electron chi connectivity index (χ1n) is 8.77. The van der Waals surface area contributed by atoms with Crippen LogP contribution < -0.4 is 10.1 Å². The summed E-state index contributed by atoms with van der Waals surface area (Å²) in [5.74, 6) is 0.230. The van der Waals surface area contributed by atoms with Gasteiger partial charge in [-0.3, -0.25) is 4.79 Å². The van der Waals surface area contributed by atoms with Crippen LogP contribution in [0.25, 0.3) is 16.7 Å². The summed E-state index contributed by atoms with van der Waals surface area (Å²) in [4.78, 5) is 17.1. The van der Waals surface area contributed by atoms with Crippen LogP contribution in [0.2, 0.25) is 5.02 Å². The fourth-order valence-electron chi connectivity index (χ4n) is 3.04. The molecule has 4 aromatic rings. The first-order chi connectivity index (χ1) is 14.0. The Labute approximate surface area is 171 Å². The van der Waals surface area contributed by atoms with E-state index >= 15 is 0 Å². The van der Waals surface area contributed by atoms with Gasteiger partial charge in [0.25, 0.3) is 5.91 Å². The number of rotatable bonds is 4. The Bertz CT molecular complexity index is 1220. The molecular formula is C21H17ClN4O3. The van der Waals surface area contributed by atoms with E-state index in [1.54, 1.807) is 36.9 Å². The molecule has 0 aliphatic rings. The third-order valence-electron chi connectivity index (χ3n) is 4.52. The van der Waals surface area contributed by atoms with E-state index in [0.29, 0.717) is 22.4 Å². The van der Waals surface area contributed by atoms with Crippen LogP contribution in [0.5, 0.6) is 11.5 Å². The number of amides is 1. The number of nitrogens with one attached hydrogen (secondary N) is 1. The van der Waals surface area contributed by atoms with E-state index < -0.39 is 5.91 Å². The van der Waals surface area contributed by atoms with Crippen LogP contribution in [-0.4, -0.2) is 32.9 Å². The van der Waals surface area contributed by atoms with Gasteiger partial charge >= 0.3 is 0 Å². The van der Waals surface area contributed by atoms with Gasteiger partial charge in [-0.05, 0) is 43.3 Å². The molecule has 29 heavy (non-hydrogen) atoms. The Balaban J connectivity index is 1.75. The first-order valence-corrected chi connectivity index (χ1v) is 9.15. The lowest BCUT2D eigenvalue weighted by atomic mass is 10.2. The molecule has 0 aliphatic carbocycles. The first kappa shape index (κ1) is 18.8. The number of aryl methyl sites for hydroxylation is 1. The molecule has 0 saturated carbocycles. The molecule has 0 bridgehead atoms. The molecule has 7 nitrogen and oxygen atoms in total. The molecule has 146 valence electrons. The molecule has 0 saturated heterocycles. The summed E-state index contributed by atoms with van der Waals surface area (Å²) in [6.07, 6.45) is 1.40. The lowest BCUT2D eigenvalue weighted by Gasteiger charge is -2.09. The number of nitrogens with zero attached hydrogens (tertiary/aromatic N) is 3. The number of halogens is 1. The van der Waals surface area contributed by atoms with Crippen molar-refractivity contribution in [2.24, 2.45) is 0 Å². The van der Waals surface area contributed by atoms with E-state index in [2.05, 4.69) is 15.4 Å². The van der Waals surface area contributed by atoms with Crippen molar-refractivity contribution in [2.75, 3.05) is 12.4 Å². The van der Waals surface area contributed by atoms with E-state index in [1.807, 2.05) is 24.3 Å². The van der Waals surface area contributed by atoms with Gasteiger partial charge in [-0.1, -0.05) is 23.7 Å². The van der Waals surface area contributed by atoms with Gasteiger partial charge in [-0.25, -0.2) is 9.67 Å². The average Bonchev–Trinajstić information content (AvgIpc) is 3.07. The topological polar surface area (TPSA) is 89.3 Å². The summed E-state index contributed by atoms with van der Waals surface area (Å²) in [7, 11) is 1.60. The van der Waals surface area contributed by atoms with Crippen LogP contribution >= 0.6 is 11.6 Å². The fourth-order valence-corrected chi connectivity index (χ4v) is 3.39. The second-order valence-corrected chi connectivity index (χ2v) is 6.73. The maximum atomic E-state index is 12.7. The molecule has 0 atom stereocenters. The number of methoxy groups -OCH3 is 1. The molecular weight excluding hydrogens is 392 g/mol. The molecule has 2 N–H and O–H groups in total. The normalized spacial score (nSPS) is 10.9. The van der Waals surface area contributed by atoms with Gasteiger partial charge in [-0.15, -0.1) is 0 Å². The molecule has 0 aliphatic heterocycles. The SMILES string of the molecule is COc1ccc(-n2nc(C)c3c(Cl)c(C(=O)Nc4ccccc4O)cnc32)cc1. The Morgan fingerprint density at radius 3 is 2.59 bits per heavy atom. The predicted octanol–water partition coefficient (Wildman–Crippen LogP) is 4.35. The third-order valence-corrected chi connectivity index (χ3v) is 4.91. The molecule has 2 heterocycles. The Morgan fingerprint density at radius 1 is 1.17 bits per heavy atom. The quantitative estimate of drug-likeness (QED) is 0.490. The highest BCUT2D eigenvalue weighted by molar-refractivity contribution is 6.39. The summed E-state index contributed by atoms with van der Waals surface area (Å²) in [5.41, 5.74) is 2.46. The number of para-hydroxylation sites is 2. The molecule has 8 heteroatoms. The van der Waals surface area contributed by atoms with E-state index in [9.17, 15) is 9.90 Å². The van der Waals surface area contributed by atoms with Crippen molar-refractivity contribution in [1.29, 1.82) is 0 Å². The van der Waals surface area contributed by atoms with Gasteiger partial charge in [0.1, 0.15) is 11.5 Å². The highest BCUT2D eigenvalue weighted by atomic mass is 35.5.